The van der Waals surface area contributed by atoms with E-state index in [0.717, 1.165) is 13.0 Å². The van der Waals surface area contributed by atoms with Gasteiger partial charge in [-0.15, -0.1) is 12.4 Å². The van der Waals surface area contributed by atoms with Crippen LogP contribution in [0.3, 0.4) is 0 Å². The quantitative estimate of drug-likeness (QED) is 0.894. The maximum absolute atomic E-state index is 8.73. The molecule has 1 aliphatic heterocycles. The molecule has 2 heterocycles. The first-order valence-electron chi connectivity index (χ1n) is 5.61. The Labute approximate surface area is 107 Å². The van der Waals surface area contributed by atoms with Crippen LogP contribution in [-0.4, -0.2) is 24.2 Å². The van der Waals surface area contributed by atoms with Crippen molar-refractivity contribution in [2.24, 2.45) is 0 Å². The molecule has 5 heteroatoms. The van der Waals surface area contributed by atoms with Gasteiger partial charge in [0, 0.05) is 18.3 Å². The summed E-state index contributed by atoms with van der Waals surface area (Å²) in [5, 5.41) is 12.1. The molecule has 1 fully saturated rings. The molecular formula is C12H16ClN3O. The monoisotopic (exact) mass is 253 g/mol. The van der Waals surface area contributed by atoms with Crippen LogP contribution >= 0.6 is 12.4 Å². The molecule has 2 rings (SSSR count). The third-order valence-electron chi connectivity index (χ3n) is 2.71. The van der Waals surface area contributed by atoms with Crippen molar-refractivity contribution in [1.82, 2.24) is 10.3 Å². The molecule has 0 amide bonds. The molecule has 1 N–H and O–H groups in total. The van der Waals surface area contributed by atoms with Gasteiger partial charge in [-0.05, 0) is 25.5 Å². The van der Waals surface area contributed by atoms with Gasteiger partial charge >= 0.3 is 0 Å². The molecule has 92 valence electrons. The second kappa shape index (κ2) is 7.10. The molecule has 4 nitrogen and oxygen atoms in total. The average Bonchev–Trinajstić information content (AvgIpc) is 2.38. The fourth-order valence-electron chi connectivity index (χ4n) is 1.81. The fourth-order valence-corrected chi connectivity index (χ4v) is 1.81. The Morgan fingerprint density at radius 1 is 1.53 bits per heavy atom. The van der Waals surface area contributed by atoms with E-state index in [-0.39, 0.29) is 12.4 Å². The number of aromatic nitrogens is 1. The van der Waals surface area contributed by atoms with Gasteiger partial charge in [-0.1, -0.05) is 6.42 Å². The number of piperidine rings is 1. The highest BCUT2D eigenvalue weighted by Gasteiger charge is 2.13. The Morgan fingerprint density at radius 2 is 2.41 bits per heavy atom. The van der Waals surface area contributed by atoms with Gasteiger partial charge in [0.15, 0.2) is 0 Å². The van der Waals surface area contributed by atoms with Gasteiger partial charge in [0.05, 0.1) is 11.6 Å². The lowest BCUT2D eigenvalue weighted by molar-refractivity contribution is 0.232. The van der Waals surface area contributed by atoms with Crippen LogP contribution in [0, 0.1) is 11.3 Å². The molecule has 0 spiro atoms. The first-order valence-corrected chi connectivity index (χ1v) is 5.61. The Hall–Kier alpha value is -1.31. The maximum atomic E-state index is 8.73. The van der Waals surface area contributed by atoms with E-state index in [0.29, 0.717) is 24.1 Å². The summed E-state index contributed by atoms with van der Waals surface area (Å²) < 4.78 is 5.56. The van der Waals surface area contributed by atoms with E-state index in [1.807, 2.05) is 0 Å². The molecule has 0 aliphatic carbocycles. The maximum Gasteiger partial charge on any atom is 0.214 e. The highest BCUT2D eigenvalue weighted by Crippen LogP contribution is 2.11. The van der Waals surface area contributed by atoms with Crippen molar-refractivity contribution < 1.29 is 4.74 Å². The summed E-state index contributed by atoms with van der Waals surface area (Å²) >= 11 is 0. The van der Waals surface area contributed by atoms with Crippen LogP contribution in [-0.2, 0) is 0 Å². The summed E-state index contributed by atoms with van der Waals surface area (Å²) in [4.78, 5) is 4.07. The molecule has 17 heavy (non-hydrogen) atoms. The predicted octanol–water partition coefficient (Wildman–Crippen LogP) is 1.90. The molecule has 1 aromatic rings. The zero-order valence-electron chi connectivity index (χ0n) is 9.56. The van der Waals surface area contributed by atoms with E-state index in [9.17, 15) is 0 Å². The standard InChI is InChI=1S/C12H15N3O.ClH/c13-8-10-4-6-15-12(7-10)16-9-11-3-1-2-5-14-11;/h4,6-7,11,14H,1-3,5,9H2;1H. The molecule has 0 bridgehead atoms. The largest absolute Gasteiger partial charge is 0.476 e. The Kier molecular flexibility index (Phi) is 5.75. The van der Waals surface area contributed by atoms with Gasteiger partial charge in [0.1, 0.15) is 6.61 Å². The third kappa shape index (κ3) is 4.22. The van der Waals surface area contributed by atoms with Gasteiger partial charge in [-0.3, -0.25) is 0 Å². The van der Waals surface area contributed by atoms with Gasteiger partial charge in [0.2, 0.25) is 5.88 Å². The molecule has 1 atom stereocenters. The summed E-state index contributed by atoms with van der Waals surface area (Å²) in [5.74, 6) is 0.534. The highest BCUT2D eigenvalue weighted by molar-refractivity contribution is 5.85. The van der Waals surface area contributed by atoms with Crippen molar-refractivity contribution in [2.75, 3.05) is 13.2 Å². The van der Waals surface area contributed by atoms with E-state index in [1.165, 1.54) is 12.8 Å². The van der Waals surface area contributed by atoms with Crippen LogP contribution in [0.1, 0.15) is 24.8 Å². The van der Waals surface area contributed by atoms with Crippen LogP contribution in [0.2, 0.25) is 0 Å². The van der Waals surface area contributed by atoms with Crippen molar-refractivity contribution in [3.05, 3.63) is 23.9 Å². The number of halogens is 1. The van der Waals surface area contributed by atoms with Crippen molar-refractivity contribution in [3.63, 3.8) is 0 Å². The number of hydrogen-bond acceptors (Lipinski definition) is 4. The number of ether oxygens (including phenoxy) is 1. The number of nitriles is 1. The van der Waals surface area contributed by atoms with E-state index < -0.39 is 0 Å². The highest BCUT2D eigenvalue weighted by atomic mass is 35.5. The van der Waals surface area contributed by atoms with Crippen molar-refractivity contribution in [2.45, 2.75) is 25.3 Å². The van der Waals surface area contributed by atoms with Crippen molar-refractivity contribution in [3.8, 4) is 11.9 Å². The van der Waals surface area contributed by atoms with E-state index >= 15 is 0 Å². The smallest absolute Gasteiger partial charge is 0.214 e. The second-order valence-corrected chi connectivity index (χ2v) is 3.95. The Balaban J connectivity index is 0.00000144. The summed E-state index contributed by atoms with van der Waals surface area (Å²) in [6, 6.07) is 5.83. The zero-order valence-corrected chi connectivity index (χ0v) is 10.4. The summed E-state index contributed by atoms with van der Waals surface area (Å²) in [6.07, 6.45) is 5.26. The summed E-state index contributed by atoms with van der Waals surface area (Å²) in [7, 11) is 0. The lowest BCUT2D eigenvalue weighted by atomic mass is 10.1. The topological polar surface area (TPSA) is 57.9 Å². The molecule has 1 unspecified atom stereocenters. The Morgan fingerprint density at radius 3 is 3.12 bits per heavy atom. The lowest BCUT2D eigenvalue weighted by Crippen LogP contribution is -2.38. The lowest BCUT2D eigenvalue weighted by Gasteiger charge is -2.23. The summed E-state index contributed by atoms with van der Waals surface area (Å²) in [5.41, 5.74) is 0.585. The molecular weight excluding hydrogens is 238 g/mol. The molecule has 1 aromatic heterocycles. The van der Waals surface area contributed by atoms with Gasteiger partial charge in [-0.25, -0.2) is 4.98 Å². The fraction of sp³-hybridized carbons (Fsp3) is 0.500. The van der Waals surface area contributed by atoms with Crippen LogP contribution in [0.5, 0.6) is 5.88 Å². The molecule has 1 saturated heterocycles. The van der Waals surface area contributed by atoms with Crippen LogP contribution in [0.15, 0.2) is 18.3 Å². The average molecular weight is 254 g/mol. The number of rotatable bonds is 3. The summed E-state index contributed by atoms with van der Waals surface area (Å²) in [6.45, 7) is 1.70. The molecule has 0 radical (unpaired) electrons. The van der Waals surface area contributed by atoms with Crippen LogP contribution in [0.25, 0.3) is 0 Å². The van der Waals surface area contributed by atoms with Gasteiger partial charge in [0.25, 0.3) is 0 Å². The molecule has 0 aromatic carbocycles. The van der Waals surface area contributed by atoms with Crippen molar-refractivity contribution in [1.29, 1.82) is 5.26 Å². The normalized spacial score (nSPS) is 18.9. The molecule has 0 saturated carbocycles. The van der Waals surface area contributed by atoms with Crippen molar-refractivity contribution >= 4 is 12.4 Å². The van der Waals surface area contributed by atoms with E-state index in [2.05, 4.69) is 16.4 Å². The van der Waals surface area contributed by atoms with Gasteiger partial charge < -0.3 is 10.1 Å². The van der Waals surface area contributed by atoms with E-state index in [4.69, 9.17) is 10.00 Å². The third-order valence-corrected chi connectivity index (χ3v) is 2.71. The zero-order chi connectivity index (χ0) is 11.2. The minimum absolute atomic E-state index is 0. The second-order valence-electron chi connectivity index (χ2n) is 3.95. The number of nitrogens with one attached hydrogen (secondary N) is 1. The van der Waals surface area contributed by atoms with E-state index in [1.54, 1.807) is 18.3 Å². The first kappa shape index (κ1) is 13.8. The van der Waals surface area contributed by atoms with Gasteiger partial charge in [-0.2, -0.15) is 5.26 Å². The minimum atomic E-state index is 0. The number of nitrogens with zero attached hydrogens (tertiary/aromatic N) is 2. The number of pyridine rings is 1. The first-order chi connectivity index (χ1) is 7.88. The Bertz CT molecular complexity index is 386. The molecule has 1 aliphatic rings. The minimum Gasteiger partial charge on any atom is -0.476 e. The van der Waals surface area contributed by atoms with Crippen LogP contribution < -0.4 is 10.1 Å². The SMILES string of the molecule is Cl.N#Cc1ccnc(OCC2CCCCN2)c1. The number of hydrogen-bond donors (Lipinski definition) is 1. The van der Waals surface area contributed by atoms with Crippen LogP contribution in [0.4, 0.5) is 0 Å². The predicted molar refractivity (Wildman–Crippen MR) is 67.3 cm³/mol.